The SMILES string of the molecule is Cc1noc(C)c1CN1Cc2ccc(F)cc2C1=N. The van der Waals surface area contributed by atoms with Crippen LogP contribution in [0.15, 0.2) is 22.7 Å². The van der Waals surface area contributed by atoms with Crippen LogP contribution in [0.3, 0.4) is 0 Å². The number of fused-ring (bicyclic) bond motifs is 1. The fourth-order valence-electron chi connectivity index (χ4n) is 2.42. The molecule has 98 valence electrons. The minimum absolute atomic E-state index is 0.303. The average Bonchev–Trinajstić information content (AvgIpc) is 2.85. The maximum Gasteiger partial charge on any atom is 0.138 e. The first-order valence-electron chi connectivity index (χ1n) is 6.10. The summed E-state index contributed by atoms with van der Waals surface area (Å²) in [7, 11) is 0. The lowest BCUT2D eigenvalue weighted by atomic mass is 10.1. The average molecular weight is 259 g/mol. The van der Waals surface area contributed by atoms with Gasteiger partial charge in [-0.1, -0.05) is 11.2 Å². The Hall–Kier alpha value is -2.17. The molecule has 0 fully saturated rings. The van der Waals surface area contributed by atoms with E-state index in [0.717, 1.165) is 22.6 Å². The number of hydrogen-bond donors (Lipinski definition) is 1. The number of amidine groups is 1. The van der Waals surface area contributed by atoms with Crippen LogP contribution in [0.5, 0.6) is 0 Å². The third-order valence-corrected chi connectivity index (χ3v) is 3.53. The van der Waals surface area contributed by atoms with E-state index < -0.39 is 0 Å². The zero-order chi connectivity index (χ0) is 13.6. The molecule has 0 unspecified atom stereocenters. The van der Waals surface area contributed by atoms with Gasteiger partial charge in [0.05, 0.1) is 12.2 Å². The van der Waals surface area contributed by atoms with Crippen molar-refractivity contribution < 1.29 is 8.91 Å². The number of hydrogen-bond acceptors (Lipinski definition) is 3. The zero-order valence-electron chi connectivity index (χ0n) is 10.8. The molecule has 0 amide bonds. The van der Waals surface area contributed by atoms with Crippen molar-refractivity contribution in [1.82, 2.24) is 10.1 Å². The van der Waals surface area contributed by atoms with Gasteiger partial charge < -0.3 is 9.42 Å². The van der Waals surface area contributed by atoms with Gasteiger partial charge in [0.2, 0.25) is 0 Å². The van der Waals surface area contributed by atoms with E-state index in [1.54, 1.807) is 6.07 Å². The van der Waals surface area contributed by atoms with Crippen LogP contribution in [0, 0.1) is 25.1 Å². The van der Waals surface area contributed by atoms with Crippen LogP contribution in [-0.4, -0.2) is 15.9 Å². The van der Waals surface area contributed by atoms with Gasteiger partial charge in [0.25, 0.3) is 0 Å². The molecule has 1 aliphatic rings. The maximum absolute atomic E-state index is 13.2. The Morgan fingerprint density at radius 3 is 2.89 bits per heavy atom. The maximum atomic E-state index is 13.2. The fraction of sp³-hybridized carbons (Fsp3) is 0.286. The van der Waals surface area contributed by atoms with Crippen molar-refractivity contribution in [3.63, 3.8) is 0 Å². The number of halogens is 1. The van der Waals surface area contributed by atoms with Gasteiger partial charge >= 0.3 is 0 Å². The van der Waals surface area contributed by atoms with Crippen molar-refractivity contribution in [1.29, 1.82) is 5.41 Å². The van der Waals surface area contributed by atoms with E-state index >= 15 is 0 Å². The normalized spacial score (nSPS) is 14.1. The van der Waals surface area contributed by atoms with Crippen LogP contribution in [0.4, 0.5) is 4.39 Å². The van der Waals surface area contributed by atoms with Gasteiger partial charge in [-0.05, 0) is 31.5 Å². The lowest BCUT2D eigenvalue weighted by Gasteiger charge is -2.17. The zero-order valence-corrected chi connectivity index (χ0v) is 10.8. The van der Waals surface area contributed by atoms with E-state index in [9.17, 15) is 4.39 Å². The number of aromatic nitrogens is 1. The Kier molecular flexibility index (Phi) is 2.62. The van der Waals surface area contributed by atoms with Crippen molar-refractivity contribution in [3.8, 4) is 0 Å². The number of benzene rings is 1. The molecule has 1 aliphatic heterocycles. The molecule has 1 N–H and O–H groups in total. The molecule has 1 aromatic heterocycles. The van der Waals surface area contributed by atoms with Crippen LogP contribution in [-0.2, 0) is 13.1 Å². The predicted molar refractivity (Wildman–Crippen MR) is 68.5 cm³/mol. The number of nitrogens with one attached hydrogen (secondary N) is 1. The van der Waals surface area contributed by atoms with Crippen LogP contribution >= 0.6 is 0 Å². The van der Waals surface area contributed by atoms with Gasteiger partial charge in [-0.3, -0.25) is 5.41 Å². The second kappa shape index (κ2) is 4.19. The second-order valence-electron chi connectivity index (χ2n) is 4.81. The fourth-order valence-corrected chi connectivity index (χ4v) is 2.42. The van der Waals surface area contributed by atoms with Gasteiger partial charge in [-0.25, -0.2) is 4.39 Å². The summed E-state index contributed by atoms with van der Waals surface area (Å²) in [4.78, 5) is 1.90. The Morgan fingerprint density at radius 1 is 1.42 bits per heavy atom. The highest BCUT2D eigenvalue weighted by Gasteiger charge is 2.26. The second-order valence-corrected chi connectivity index (χ2v) is 4.81. The van der Waals surface area contributed by atoms with Crippen LogP contribution in [0.2, 0.25) is 0 Å². The molecule has 0 saturated heterocycles. The predicted octanol–water partition coefficient (Wildman–Crippen LogP) is 2.77. The molecule has 2 heterocycles. The van der Waals surface area contributed by atoms with Crippen LogP contribution in [0.1, 0.15) is 28.1 Å². The molecule has 0 spiro atoms. The van der Waals surface area contributed by atoms with Crippen LogP contribution in [0.25, 0.3) is 0 Å². The monoisotopic (exact) mass is 259 g/mol. The molecule has 4 nitrogen and oxygen atoms in total. The highest BCUT2D eigenvalue weighted by atomic mass is 19.1. The topological polar surface area (TPSA) is 53.1 Å². The Bertz CT molecular complexity index is 643. The van der Waals surface area contributed by atoms with E-state index in [0.29, 0.717) is 24.5 Å². The van der Waals surface area contributed by atoms with Gasteiger partial charge in [0, 0.05) is 17.7 Å². The quantitative estimate of drug-likeness (QED) is 0.902. The lowest BCUT2D eigenvalue weighted by molar-refractivity contribution is 0.385. The van der Waals surface area contributed by atoms with Crippen molar-refractivity contribution >= 4 is 5.84 Å². The molecule has 0 bridgehead atoms. The molecule has 0 atom stereocenters. The standard InChI is InChI=1S/C14H14FN3O/c1-8-13(9(2)19-17-8)7-18-6-10-3-4-11(15)5-12(10)14(18)16/h3-5,16H,6-7H2,1-2H3. The summed E-state index contributed by atoms with van der Waals surface area (Å²) in [5.74, 6) is 0.824. The molecular weight excluding hydrogens is 245 g/mol. The molecule has 0 saturated carbocycles. The molecule has 3 rings (SSSR count). The van der Waals surface area contributed by atoms with Gasteiger partial charge in [-0.2, -0.15) is 0 Å². The van der Waals surface area contributed by atoms with E-state index in [-0.39, 0.29) is 5.82 Å². The van der Waals surface area contributed by atoms with Gasteiger partial charge in [0.15, 0.2) is 0 Å². The number of aryl methyl sites for hydroxylation is 2. The number of nitrogens with zero attached hydrogens (tertiary/aromatic N) is 2. The summed E-state index contributed by atoms with van der Waals surface area (Å²) < 4.78 is 18.4. The van der Waals surface area contributed by atoms with E-state index in [1.165, 1.54) is 12.1 Å². The van der Waals surface area contributed by atoms with Gasteiger partial charge in [-0.15, -0.1) is 0 Å². The van der Waals surface area contributed by atoms with E-state index in [1.807, 2.05) is 18.7 Å². The smallest absolute Gasteiger partial charge is 0.138 e. The van der Waals surface area contributed by atoms with Crippen LogP contribution < -0.4 is 0 Å². The molecule has 5 heteroatoms. The summed E-state index contributed by atoms with van der Waals surface area (Å²) in [6.45, 7) is 4.94. The highest BCUT2D eigenvalue weighted by molar-refractivity contribution is 6.00. The third kappa shape index (κ3) is 1.91. The summed E-state index contributed by atoms with van der Waals surface area (Å²) in [5.41, 5.74) is 3.50. The van der Waals surface area contributed by atoms with Crippen molar-refractivity contribution in [2.75, 3.05) is 0 Å². The summed E-state index contributed by atoms with van der Waals surface area (Å²) >= 11 is 0. The third-order valence-electron chi connectivity index (χ3n) is 3.53. The van der Waals surface area contributed by atoms with Gasteiger partial charge in [0.1, 0.15) is 17.4 Å². The van der Waals surface area contributed by atoms with Crippen molar-refractivity contribution in [2.45, 2.75) is 26.9 Å². The highest BCUT2D eigenvalue weighted by Crippen LogP contribution is 2.26. The largest absolute Gasteiger partial charge is 0.361 e. The Labute approximate surface area is 110 Å². The lowest BCUT2D eigenvalue weighted by Crippen LogP contribution is -2.23. The molecular formula is C14H14FN3O. The molecule has 19 heavy (non-hydrogen) atoms. The number of rotatable bonds is 2. The van der Waals surface area contributed by atoms with E-state index in [4.69, 9.17) is 9.93 Å². The first-order valence-corrected chi connectivity index (χ1v) is 6.10. The molecule has 0 aliphatic carbocycles. The minimum Gasteiger partial charge on any atom is -0.361 e. The Morgan fingerprint density at radius 2 is 2.21 bits per heavy atom. The van der Waals surface area contributed by atoms with Crippen molar-refractivity contribution in [3.05, 3.63) is 52.2 Å². The minimum atomic E-state index is -0.303. The summed E-state index contributed by atoms with van der Waals surface area (Å²) in [6.07, 6.45) is 0. The molecule has 0 radical (unpaired) electrons. The molecule has 2 aromatic rings. The summed E-state index contributed by atoms with van der Waals surface area (Å²) in [6, 6.07) is 4.60. The molecule has 1 aromatic carbocycles. The first kappa shape index (κ1) is 11.9. The van der Waals surface area contributed by atoms with E-state index in [2.05, 4.69) is 5.16 Å². The van der Waals surface area contributed by atoms with Crippen molar-refractivity contribution in [2.24, 2.45) is 0 Å². The first-order chi connectivity index (χ1) is 9.06. The summed E-state index contributed by atoms with van der Waals surface area (Å²) in [5, 5.41) is 12.1. The Balaban J connectivity index is 1.88.